The molecule has 0 aromatic rings. The number of hydrogen-bond acceptors (Lipinski definition) is 3. The Balaban J connectivity index is 2.55. The second kappa shape index (κ2) is 6.69. The van der Waals surface area contributed by atoms with Gasteiger partial charge in [-0.05, 0) is 37.5 Å². The van der Waals surface area contributed by atoms with E-state index in [2.05, 4.69) is 6.58 Å². The molecule has 3 atom stereocenters. The van der Waals surface area contributed by atoms with Gasteiger partial charge in [0.15, 0.2) is 0 Å². The largest absolute Gasteiger partial charge is 0.469 e. The van der Waals surface area contributed by atoms with Crippen molar-refractivity contribution in [2.45, 2.75) is 38.2 Å². The summed E-state index contributed by atoms with van der Waals surface area (Å²) in [4.78, 5) is 11.4. The van der Waals surface area contributed by atoms with E-state index in [4.69, 9.17) is 9.47 Å². The molecule has 1 saturated carbocycles. The fourth-order valence-electron chi connectivity index (χ4n) is 2.67. The maximum atomic E-state index is 11.4. The standard InChI is InChI=1S/C13H22O3/c1-4-5-6-10-7-8-12(15-2)11(10)9-13(14)16-3/h4,10-12H,1,5-9H2,2-3H3/t10-,11-,12-/m1/s1. The maximum absolute atomic E-state index is 11.4. The van der Waals surface area contributed by atoms with Crippen LogP contribution in [0.3, 0.4) is 0 Å². The van der Waals surface area contributed by atoms with Crippen LogP contribution in [0, 0.1) is 11.8 Å². The van der Waals surface area contributed by atoms with Crippen molar-refractivity contribution in [3.63, 3.8) is 0 Å². The van der Waals surface area contributed by atoms with Gasteiger partial charge in [0, 0.05) is 7.11 Å². The highest BCUT2D eigenvalue weighted by atomic mass is 16.5. The lowest BCUT2D eigenvalue weighted by molar-refractivity contribution is -0.143. The summed E-state index contributed by atoms with van der Waals surface area (Å²) in [6, 6.07) is 0. The van der Waals surface area contributed by atoms with Crippen molar-refractivity contribution in [3.8, 4) is 0 Å². The van der Waals surface area contributed by atoms with Crippen molar-refractivity contribution in [2.75, 3.05) is 14.2 Å². The number of ether oxygens (including phenoxy) is 2. The Kier molecular flexibility index (Phi) is 5.53. The normalized spacial score (nSPS) is 29.0. The van der Waals surface area contributed by atoms with E-state index in [1.807, 2.05) is 6.08 Å². The third-order valence-corrected chi connectivity index (χ3v) is 3.58. The number of esters is 1. The number of hydrogen-bond donors (Lipinski definition) is 0. The van der Waals surface area contributed by atoms with E-state index in [1.54, 1.807) is 7.11 Å². The molecule has 0 radical (unpaired) electrons. The van der Waals surface area contributed by atoms with Crippen LogP contribution in [0.5, 0.6) is 0 Å². The monoisotopic (exact) mass is 226 g/mol. The van der Waals surface area contributed by atoms with Crippen LogP contribution in [0.25, 0.3) is 0 Å². The minimum Gasteiger partial charge on any atom is -0.469 e. The Hall–Kier alpha value is -0.830. The van der Waals surface area contributed by atoms with Crippen molar-refractivity contribution in [2.24, 2.45) is 11.8 Å². The van der Waals surface area contributed by atoms with Crippen molar-refractivity contribution in [3.05, 3.63) is 12.7 Å². The van der Waals surface area contributed by atoms with Gasteiger partial charge < -0.3 is 9.47 Å². The molecule has 0 N–H and O–H groups in total. The average molecular weight is 226 g/mol. The van der Waals surface area contributed by atoms with Gasteiger partial charge >= 0.3 is 5.97 Å². The lowest BCUT2D eigenvalue weighted by atomic mass is 9.88. The molecule has 0 aromatic carbocycles. The fraction of sp³-hybridized carbons (Fsp3) is 0.769. The molecule has 1 aliphatic carbocycles. The van der Waals surface area contributed by atoms with Gasteiger partial charge in [-0.3, -0.25) is 4.79 Å². The minimum atomic E-state index is -0.127. The predicted molar refractivity (Wildman–Crippen MR) is 63.1 cm³/mol. The van der Waals surface area contributed by atoms with Crippen LogP contribution in [0.15, 0.2) is 12.7 Å². The smallest absolute Gasteiger partial charge is 0.305 e. The summed E-state index contributed by atoms with van der Waals surface area (Å²) in [5, 5.41) is 0. The van der Waals surface area contributed by atoms with Crippen LogP contribution in [0.1, 0.15) is 32.1 Å². The zero-order valence-corrected chi connectivity index (χ0v) is 10.3. The van der Waals surface area contributed by atoms with Gasteiger partial charge in [-0.2, -0.15) is 0 Å². The summed E-state index contributed by atoms with van der Waals surface area (Å²) in [6.07, 6.45) is 6.96. The van der Waals surface area contributed by atoms with Gasteiger partial charge in [0.2, 0.25) is 0 Å². The number of carbonyl (C=O) groups is 1. The Labute approximate surface area is 97.8 Å². The first-order valence-corrected chi connectivity index (χ1v) is 5.93. The summed E-state index contributed by atoms with van der Waals surface area (Å²) in [6.45, 7) is 3.74. The summed E-state index contributed by atoms with van der Waals surface area (Å²) in [7, 11) is 3.17. The molecule has 0 heterocycles. The molecule has 1 aliphatic rings. The van der Waals surface area contributed by atoms with Crippen LogP contribution in [0.2, 0.25) is 0 Å². The molecule has 0 saturated heterocycles. The molecule has 3 heteroatoms. The first-order chi connectivity index (χ1) is 7.72. The van der Waals surface area contributed by atoms with Gasteiger partial charge in [-0.15, -0.1) is 6.58 Å². The maximum Gasteiger partial charge on any atom is 0.305 e. The van der Waals surface area contributed by atoms with Crippen LogP contribution in [-0.4, -0.2) is 26.3 Å². The molecule has 0 spiro atoms. The molecule has 3 nitrogen and oxygen atoms in total. The number of methoxy groups -OCH3 is 2. The van der Waals surface area contributed by atoms with Gasteiger partial charge in [-0.25, -0.2) is 0 Å². The quantitative estimate of drug-likeness (QED) is 0.516. The van der Waals surface area contributed by atoms with Crippen LogP contribution in [-0.2, 0) is 14.3 Å². The number of carbonyl (C=O) groups excluding carboxylic acids is 1. The van der Waals surface area contributed by atoms with Crippen LogP contribution < -0.4 is 0 Å². The molecule has 0 bridgehead atoms. The number of allylic oxidation sites excluding steroid dienone is 1. The summed E-state index contributed by atoms with van der Waals surface area (Å²) in [5.41, 5.74) is 0. The summed E-state index contributed by atoms with van der Waals surface area (Å²) in [5.74, 6) is 0.761. The zero-order chi connectivity index (χ0) is 12.0. The topological polar surface area (TPSA) is 35.5 Å². The van der Waals surface area contributed by atoms with Gasteiger partial charge in [0.25, 0.3) is 0 Å². The fourth-order valence-corrected chi connectivity index (χ4v) is 2.67. The Bertz CT molecular complexity index is 237. The highest BCUT2D eigenvalue weighted by Gasteiger charge is 2.37. The molecule has 92 valence electrons. The molecule has 0 amide bonds. The van der Waals surface area contributed by atoms with Crippen LogP contribution in [0.4, 0.5) is 0 Å². The molecular formula is C13H22O3. The molecule has 1 fully saturated rings. The zero-order valence-electron chi connectivity index (χ0n) is 10.3. The van der Waals surface area contributed by atoms with E-state index in [-0.39, 0.29) is 12.1 Å². The third kappa shape index (κ3) is 3.34. The van der Waals surface area contributed by atoms with E-state index < -0.39 is 0 Å². The van der Waals surface area contributed by atoms with E-state index in [1.165, 1.54) is 7.11 Å². The number of rotatable bonds is 6. The SMILES string of the molecule is C=CCC[C@@H]1CC[C@@H](OC)[C@@H]1CC(=O)OC. The first kappa shape index (κ1) is 13.2. The minimum absolute atomic E-state index is 0.127. The molecule has 1 rings (SSSR count). The molecule has 16 heavy (non-hydrogen) atoms. The Morgan fingerprint density at radius 2 is 2.19 bits per heavy atom. The van der Waals surface area contributed by atoms with E-state index in [0.29, 0.717) is 18.3 Å². The van der Waals surface area contributed by atoms with Crippen LogP contribution >= 0.6 is 0 Å². The molecular weight excluding hydrogens is 204 g/mol. The highest BCUT2D eigenvalue weighted by molar-refractivity contribution is 5.69. The molecule has 0 aromatic heterocycles. The van der Waals surface area contributed by atoms with Crippen molar-refractivity contribution in [1.82, 2.24) is 0 Å². The van der Waals surface area contributed by atoms with E-state index in [0.717, 1.165) is 25.7 Å². The molecule has 0 aliphatic heterocycles. The second-order valence-corrected chi connectivity index (χ2v) is 4.42. The summed E-state index contributed by atoms with van der Waals surface area (Å²) >= 11 is 0. The third-order valence-electron chi connectivity index (χ3n) is 3.58. The second-order valence-electron chi connectivity index (χ2n) is 4.42. The Morgan fingerprint density at radius 3 is 2.75 bits per heavy atom. The summed E-state index contributed by atoms with van der Waals surface area (Å²) < 4.78 is 10.2. The van der Waals surface area contributed by atoms with E-state index >= 15 is 0 Å². The van der Waals surface area contributed by atoms with Gasteiger partial charge in [0.1, 0.15) is 0 Å². The van der Waals surface area contributed by atoms with Crippen molar-refractivity contribution < 1.29 is 14.3 Å². The predicted octanol–water partition coefficient (Wildman–Crippen LogP) is 2.56. The lowest BCUT2D eigenvalue weighted by Crippen LogP contribution is -2.24. The molecule has 0 unspecified atom stereocenters. The lowest BCUT2D eigenvalue weighted by Gasteiger charge is -2.22. The van der Waals surface area contributed by atoms with E-state index in [9.17, 15) is 4.79 Å². The van der Waals surface area contributed by atoms with Gasteiger partial charge in [-0.1, -0.05) is 6.08 Å². The van der Waals surface area contributed by atoms with Crippen molar-refractivity contribution >= 4 is 5.97 Å². The highest BCUT2D eigenvalue weighted by Crippen LogP contribution is 2.39. The average Bonchev–Trinajstić information content (AvgIpc) is 2.68. The van der Waals surface area contributed by atoms with Crippen molar-refractivity contribution in [1.29, 1.82) is 0 Å². The Morgan fingerprint density at radius 1 is 1.44 bits per heavy atom. The van der Waals surface area contributed by atoms with Gasteiger partial charge in [0.05, 0.1) is 19.6 Å². The first-order valence-electron chi connectivity index (χ1n) is 5.93.